The Morgan fingerprint density at radius 2 is 1.58 bits per heavy atom. The monoisotopic (exact) mass is 262 g/mol. The molecule has 2 N–H and O–H groups in total. The minimum Gasteiger partial charge on any atom is -0.481 e. The number of aliphatic carboxylic acids is 2. The number of hydrogen-bond acceptors (Lipinski definition) is 3. The first-order valence-electron chi connectivity index (χ1n) is 5.63. The van der Waals surface area contributed by atoms with Gasteiger partial charge in [0.1, 0.15) is 0 Å². The summed E-state index contributed by atoms with van der Waals surface area (Å²) in [6, 6.07) is 8.45. The van der Waals surface area contributed by atoms with E-state index in [1.165, 1.54) is 6.92 Å². The molecule has 0 amide bonds. The topological polar surface area (TPSA) is 91.7 Å². The molecule has 0 saturated heterocycles. The summed E-state index contributed by atoms with van der Waals surface area (Å²) in [5.41, 5.74) is 0.502. The number of benzene rings is 1. The highest BCUT2D eigenvalue weighted by Gasteiger charge is 2.17. The average Bonchev–Trinajstić information content (AvgIpc) is 2.36. The molecule has 0 unspecified atom stereocenters. The lowest BCUT2D eigenvalue weighted by Crippen LogP contribution is -2.11. The standard InChI is InChI=1S/C14H14O5/c1-9(11(14(18)19)8-13(16)17)7-12(15)10-5-3-2-4-6-10/h2-6H,7-8H2,1H3,(H,16,17)(H,18,19). The van der Waals surface area contributed by atoms with Crippen molar-refractivity contribution in [2.24, 2.45) is 0 Å². The fourth-order valence-corrected chi connectivity index (χ4v) is 1.63. The number of carbonyl (C=O) groups excluding carboxylic acids is 1. The Balaban J connectivity index is 2.92. The Bertz CT molecular complexity index is 528. The van der Waals surface area contributed by atoms with Crippen molar-refractivity contribution < 1.29 is 24.6 Å². The van der Waals surface area contributed by atoms with E-state index >= 15 is 0 Å². The zero-order chi connectivity index (χ0) is 14.4. The van der Waals surface area contributed by atoms with Gasteiger partial charge in [0.05, 0.1) is 6.42 Å². The Morgan fingerprint density at radius 3 is 2.05 bits per heavy atom. The summed E-state index contributed by atoms with van der Waals surface area (Å²) < 4.78 is 0. The summed E-state index contributed by atoms with van der Waals surface area (Å²) in [6.45, 7) is 1.47. The van der Waals surface area contributed by atoms with Gasteiger partial charge in [0, 0.05) is 17.6 Å². The Kier molecular flexibility index (Phi) is 5.00. The van der Waals surface area contributed by atoms with Gasteiger partial charge in [0.25, 0.3) is 0 Å². The molecule has 5 heteroatoms. The second-order valence-corrected chi connectivity index (χ2v) is 4.10. The van der Waals surface area contributed by atoms with E-state index in [9.17, 15) is 14.4 Å². The van der Waals surface area contributed by atoms with Crippen molar-refractivity contribution in [1.82, 2.24) is 0 Å². The van der Waals surface area contributed by atoms with Gasteiger partial charge >= 0.3 is 11.9 Å². The molecule has 0 bridgehead atoms. The third-order valence-corrected chi connectivity index (χ3v) is 2.62. The highest BCUT2D eigenvalue weighted by Crippen LogP contribution is 2.16. The lowest BCUT2D eigenvalue weighted by Gasteiger charge is -2.06. The maximum absolute atomic E-state index is 11.9. The van der Waals surface area contributed by atoms with Crippen LogP contribution in [0.25, 0.3) is 0 Å². The first-order chi connectivity index (χ1) is 8.91. The van der Waals surface area contributed by atoms with Gasteiger partial charge in [-0.05, 0) is 6.92 Å². The molecule has 0 spiro atoms. The van der Waals surface area contributed by atoms with E-state index in [4.69, 9.17) is 10.2 Å². The molecule has 0 heterocycles. The number of ketones is 1. The molecule has 19 heavy (non-hydrogen) atoms. The van der Waals surface area contributed by atoms with Crippen molar-refractivity contribution in [3.8, 4) is 0 Å². The molecular weight excluding hydrogens is 248 g/mol. The fraction of sp³-hybridized carbons (Fsp3) is 0.214. The number of carbonyl (C=O) groups is 3. The van der Waals surface area contributed by atoms with Gasteiger partial charge in [-0.2, -0.15) is 0 Å². The summed E-state index contributed by atoms with van der Waals surface area (Å²) in [7, 11) is 0. The molecule has 0 radical (unpaired) electrons. The van der Waals surface area contributed by atoms with E-state index in [-0.39, 0.29) is 23.4 Å². The molecule has 1 aromatic carbocycles. The fourth-order valence-electron chi connectivity index (χ4n) is 1.63. The Morgan fingerprint density at radius 1 is 1.00 bits per heavy atom. The maximum Gasteiger partial charge on any atom is 0.332 e. The lowest BCUT2D eigenvalue weighted by molar-refractivity contribution is -0.139. The second-order valence-electron chi connectivity index (χ2n) is 4.10. The van der Waals surface area contributed by atoms with E-state index in [1.54, 1.807) is 30.3 Å². The number of rotatable bonds is 6. The first-order valence-corrected chi connectivity index (χ1v) is 5.63. The van der Waals surface area contributed by atoms with Gasteiger partial charge in [-0.15, -0.1) is 0 Å². The first kappa shape index (κ1) is 14.6. The third-order valence-electron chi connectivity index (χ3n) is 2.62. The Hall–Kier alpha value is -2.43. The second kappa shape index (κ2) is 6.49. The number of allylic oxidation sites excluding steroid dienone is 1. The van der Waals surface area contributed by atoms with Crippen LogP contribution in [0.4, 0.5) is 0 Å². The van der Waals surface area contributed by atoms with Gasteiger partial charge in [-0.25, -0.2) is 4.79 Å². The molecule has 1 rings (SSSR count). The van der Waals surface area contributed by atoms with Crippen molar-refractivity contribution in [2.75, 3.05) is 0 Å². The van der Waals surface area contributed by atoms with Crippen LogP contribution in [0.5, 0.6) is 0 Å². The molecule has 0 saturated carbocycles. The minimum absolute atomic E-state index is 0.0983. The average molecular weight is 262 g/mol. The third kappa shape index (κ3) is 4.39. The van der Waals surface area contributed by atoms with E-state index in [1.807, 2.05) is 0 Å². The van der Waals surface area contributed by atoms with Gasteiger partial charge in [0.2, 0.25) is 0 Å². The van der Waals surface area contributed by atoms with Crippen LogP contribution in [-0.2, 0) is 9.59 Å². The molecule has 100 valence electrons. The lowest BCUT2D eigenvalue weighted by atomic mass is 9.98. The molecule has 0 aliphatic carbocycles. The largest absolute Gasteiger partial charge is 0.481 e. The molecule has 0 atom stereocenters. The summed E-state index contributed by atoms with van der Waals surface area (Å²) in [6.07, 6.45) is -0.692. The SMILES string of the molecule is CC(CC(=O)c1ccccc1)=C(CC(=O)O)C(=O)O. The number of Topliss-reactive ketones (excluding diaryl/α,β-unsaturated/α-hetero) is 1. The molecular formula is C14H14O5. The van der Waals surface area contributed by atoms with E-state index in [0.29, 0.717) is 5.56 Å². The number of carboxylic acid groups (broad SMARTS) is 2. The van der Waals surface area contributed by atoms with Crippen LogP contribution >= 0.6 is 0 Å². The maximum atomic E-state index is 11.9. The van der Waals surface area contributed by atoms with Crippen molar-refractivity contribution >= 4 is 17.7 Å². The summed E-state index contributed by atoms with van der Waals surface area (Å²) in [5, 5.41) is 17.6. The normalized spacial score (nSPS) is 11.6. The smallest absolute Gasteiger partial charge is 0.332 e. The van der Waals surface area contributed by atoms with Crippen LogP contribution in [-0.4, -0.2) is 27.9 Å². The predicted octanol–water partition coefficient (Wildman–Crippen LogP) is 2.14. The minimum atomic E-state index is -1.30. The Labute approximate surface area is 110 Å². The molecule has 0 aliphatic rings. The molecule has 5 nitrogen and oxygen atoms in total. The van der Waals surface area contributed by atoms with Gasteiger partial charge in [0.15, 0.2) is 5.78 Å². The van der Waals surface area contributed by atoms with Crippen molar-refractivity contribution in [3.63, 3.8) is 0 Å². The highest BCUT2D eigenvalue weighted by molar-refractivity contribution is 5.99. The van der Waals surface area contributed by atoms with Crippen molar-refractivity contribution in [2.45, 2.75) is 19.8 Å². The van der Waals surface area contributed by atoms with Crippen LogP contribution in [0.1, 0.15) is 30.1 Å². The summed E-state index contributed by atoms with van der Waals surface area (Å²) in [4.78, 5) is 33.4. The molecule has 0 aromatic heterocycles. The number of carboxylic acids is 2. The zero-order valence-corrected chi connectivity index (χ0v) is 10.4. The van der Waals surface area contributed by atoms with Crippen molar-refractivity contribution in [1.29, 1.82) is 0 Å². The number of hydrogen-bond donors (Lipinski definition) is 2. The van der Waals surface area contributed by atoms with Crippen LogP contribution in [0.2, 0.25) is 0 Å². The van der Waals surface area contributed by atoms with Gasteiger partial charge in [-0.3, -0.25) is 9.59 Å². The van der Waals surface area contributed by atoms with Crippen LogP contribution in [0.3, 0.4) is 0 Å². The quantitative estimate of drug-likeness (QED) is 0.605. The summed E-state index contributed by atoms with van der Waals surface area (Å²) in [5.74, 6) is -2.77. The van der Waals surface area contributed by atoms with E-state index in [0.717, 1.165) is 0 Å². The molecule has 0 fully saturated rings. The summed E-state index contributed by atoms with van der Waals surface area (Å²) >= 11 is 0. The molecule has 1 aromatic rings. The van der Waals surface area contributed by atoms with Crippen LogP contribution in [0, 0.1) is 0 Å². The van der Waals surface area contributed by atoms with E-state index in [2.05, 4.69) is 0 Å². The highest BCUT2D eigenvalue weighted by atomic mass is 16.4. The predicted molar refractivity (Wildman–Crippen MR) is 68.0 cm³/mol. The van der Waals surface area contributed by atoms with Crippen molar-refractivity contribution in [3.05, 3.63) is 47.0 Å². The van der Waals surface area contributed by atoms with E-state index < -0.39 is 18.4 Å². The zero-order valence-electron chi connectivity index (χ0n) is 10.4. The van der Waals surface area contributed by atoms with Gasteiger partial charge in [-0.1, -0.05) is 35.9 Å². The molecule has 0 aliphatic heterocycles. The van der Waals surface area contributed by atoms with Crippen LogP contribution < -0.4 is 0 Å². The van der Waals surface area contributed by atoms with Gasteiger partial charge < -0.3 is 10.2 Å². The van der Waals surface area contributed by atoms with Crippen LogP contribution in [0.15, 0.2) is 41.5 Å².